The zero-order valence-electron chi connectivity index (χ0n) is 18.1. The molecule has 1 N–H and O–H groups in total. The van der Waals surface area contributed by atoms with Gasteiger partial charge in [-0.05, 0) is 73.2 Å². The molecule has 0 fully saturated rings. The molecule has 34 heavy (non-hydrogen) atoms. The van der Waals surface area contributed by atoms with Crippen LogP contribution in [0.25, 0.3) is 0 Å². The van der Waals surface area contributed by atoms with Crippen LogP contribution in [0.2, 0.25) is 15.1 Å². The highest BCUT2D eigenvalue weighted by Gasteiger charge is 2.16. The van der Waals surface area contributed by atoms with Crippen LogP contribution >= 0.6 is 34.8 Å². The van der Waals surface area contributed by atoms with E-state index < -0.39 is 18.0 Å². The number of hydrogen-bond acceptors (Lipinski definition) is 6. The Morgan fingerprint density at radius 1 is 0.912 bits per heavy atom. The van der Waals surface area contributed by atoms with Gasteiger partial charge in [0.15, 0.2) is 17.6 Å². The van der Waals surface area contributed by atoms with Gasteiger partial charge in [-0.1, -0.05) is 34.8 Å². The van der Waals surface area contributed by atoms with Crippen LogP contribution in [-0.4, -0.2) is 31.3 Å². The Hall–Kier alpha value is -3.26. The van der Waals surface area contributed by atoms with Crippen molar-refractivity contribution in [1.29, 1.82) is 0 Å². The number of carbonyl (C=O) groups excluding carboxylic acids is 2. The number of rotatable bonds is 8. The number of nitrogens with one attached hydrogen (secondary N) is 1. The van der Waals surface area contributed by atoms with Gasteiger partial charge in [0.2, 0.25) is 0 Å². The van der Waals surface area contributed by atoms with E-state index in [2.05, 4.69) is 10.5 Å². The summed E-state index contributed by atoms with van der Waals surface area (Å²) in [6, 6.07) is 15.8. The second-order valence-electron chi connectivity index (χ2n) is 6.88. The van der Waals surface area contributed by atoms with Gasteiger partial charge in [0.05, 0.1) is 23.9 Å². The first-order valence-electron chi connectivity index (χ1n) is 9.87. The van der Waals surface area contributed by atoms with E-state index in [1.165, 1.54) is 19.4 Å². The van der Waals surface area contributed by atoms with Crippen molar-refractivity contribution in [3.05, 3.63) is 86.9 Å². The molecule has 0 saturated carbocycles. The third-order valence-electron chi connectivity index (χ3n) is 4.43. The molecule has 7 nitrogen and oxygen atoms in total. The summed E-state index contributed by atoms with van der Waals surface area (Å²) in [5.41, 5.74) is 3.33. The van der Waals surface area contributed by atoms with Crippen molar-refractivity contribution in [2.24, 2.45) is 5.10 Å². The third-order valence-corrected chi connectivity index (χ3v) is 5.21. The highest BCUT2D eigenvalue weighted by Crippen LogP contribution is 2.29. The zero-order valence-corrected chi connectivity index (χ0v) is 20.3. The number of hydrogen-bond donors (Lipinski definition) is 1. The van der Waals surface area contributed by atoms with E-state index in [1.807, 2.05) is 0 Å². The van der Waals surface area contributed by atoms with Crippen molar-refractivity contribution in [3.8, 4) is 17.2 Å². The predicted octanol–water partition coefficient (Wildman–Crippen LogP) is 5.79. The minimum absolute atomic E-state index is 0.227. The molecule has 10 heteroatoms. The molecule has 0 heterocycles. The number of amides is 1. The van der Waals surface area contributed by atoms with E-state index in [9.17, 15) is 9.59 Å². The van der Waals surface area contributed by atoms with Gasteiger partial charge in [0.1, 0.15) is 5.75 Å². The van der Waals surface area contributed by atoms with Gasteiger partial charge in [-0.2, -0.15) is 5.10 Å². The molecular weight excluding hydrogens is 503 g/mol. The standard InChI is InChI=1S/C24H19Cl3N2O5/c1-14(33-20-10-8-18(26)12-19(20)27)23(30)29-28-13-15-3-9-21(22(11-15)32-2)34-24(31)16-4-6-17(25)7-5-16/h3-14H,1-2H3,(H,29,30)/b28-13-/t14-/m1/s1. The summed E-state index contributed by atoms with van der Waals surface area (Å²) in [6.07, 6.45) is 0.549. The van der Waals surface area contributed by atoms with Crippen LogP contribution in [0.15, 0.2) is 65.8 Å². The van der Waals surface area contributed by atoms with E-state index in [4.69, 9.17) is 49.0 Å². The topological polar surface area (TPSA) is 86.2 Å². The third kappa shape index (κ3) is 6.87. The summed E-state index contributed by atoms with van der Waals surface area (Å²) in [4.78, 5) is 24.6. The number of nitrogens with zero attached hydrogens (tertiary/aromatic N) is 1. The van der Waals surface area contributed by atoms with Gasteiger partial charge in [0, 0.05) is 10.0 Å². The molecule has 0 aromatic heterocycles. The first-order chi connectivity index (χ1) is 16.3. The maximum absolute atomic E-state index is 12.3. The van der Waals surface area contributed by atoms with Gasteiger partial charge in [0.25, 0.3) is 5.91 Å². The first kappa shape index (κ1) is 25.4. The average molecular weight is 522 g/mol. The number of benzene rings is 3. The maximum Gasteiger partial charge on any atom is 0.343 e. The maximum atomic E-state index is 12.3. The molecular formula is C24H19Cl3N2O5. The van der Waals surface area contributed by atoms with Crippen molar-refractivity contribution in [1.82, 2.24) is 5.43 Å². The van der Waals surface area contributed by atoms with E-state index in [1.54, 1.807) is 61.5 Å². The fourth-order valence-electron chi connectivity index (χ4n) is 2.67. The normalized spacial score (nSPS) is 11.7. The fraction of sp³-hybridized carbons (Fsp3) is 0.125. The SMILES string of the molecule is COc1cc(/C=N\NC(=O)[C@@H](C)Oc2ccc(Cl)cc2Cl)ccc1OC(=O)c1ccc(Cl)cc1. The van der Waals surface area contributed by atoms with Crippen molar-refractivity contribution in [2.45, 2.75) is 13.0 Å². The molecule has 0 aliphatic carbocycles. The number of esters is 1. The van der Waals surface area contributed by atoms with Crippen molar-refractivity contribution in [2.75, 3.05) is 7.11 Å². The van der Waals surface area contributed by atoms with Crippen LogP contribution in [0.4, 0.5) is 0 Å². The average Bonchev–Trinajstić information content (AvgIpc) is 2.81. The van der Waals surface area contributed by atoms with Gasteiger partial charge >= 0.3 is 5.97 Å². The fourth-order valence-corrected chi connectivity index (χ4v) is 3.25. The molecule has 3 rings (SSSR count). The Bertz CT molecular complexity index is 1220. The lowest BCUT2D eigenvalue weighted by atomic mass is 10.2. The van der Waals surface area contributed by atoms with Crippen LogP contribution in [0.1, 0.15) is 22.8 Å². The quantitative estimate of drug-likeness (QED) is 0.175. The van der Waals surface area contributed by atoms with Crippen molar-refractivity contribution in [3.63, 3.8) is 0 Å². The molecule has 176 valence electrons. The molecule has 3 aromatic rings. The molecule has 1 atom stereocenters. The minimum Gasteiger partial charge on any atom is -0.493 e. The summed E-state index contributed by atoms with van der Waals surface area (Å²) in [6.45, 7) is 1.56. The van der Waals surface area contributed by atoms with Gasteiger partial charge in [-0.25, -0.2) is 10.2 Å². The molecule has 0 saturated heterocycles. The lowest BCUT2D eigenvalue weighted by Gasteiger charge is -2.14. The highest BCUT2D eigenvalue weighted by atomic mass is 35.5. The molecule has 0 bridgehead atoms. The van der Waals surface area contributed by atoms with Crippen molar-refractivity contribution >= 4 is 52.9 Å². The van der Waals surface area contributed by atoms with Crippen LogP contribution < -0.4 is 19.6 Å². The Labute approximate surface area is 211 Å². The van der Waals surface area contributed by atoms with E-state index in [0.717, 1.165) is 0 Å². The number of carbonyl (C=O) groups is 2. The molecule has 3 aromatic carbocycles. The molecule has 0 unspecified atom stereocenters. The first-order valence-corrected chi connectivity index (χ1v) is 11.0. The Kier molecular flexibility index (Phi) is 8.76. The summed E-state index contributed by atoms with van der Waals surface area (Å²) >= 11 is 17.8. The lowest BCUT2D eigenvalue weighted by molar-refractivity contribution is -0.127. The van der Waals surface area contributed by atoms with E-state index >= 15 is 0 Å². The largest absolute Gasteiger partial charge is 0.493 e. The predicted molar refractivity (Wildman–Crippen MR) is 132 cm³/mol. The van der Waals surface area contributed by atoms with Crippen LogP contribution in [0.5, 0.6) is 17.2 Å². The van der Waals surface area contributed by atoms with Crippen LogP contribution in [0.3, 0.4) is 0 Å². The van der Waals surface area contributed by atoms with Crippen LogP contribution in [-0.2, 0) is 4.79 Å². The van der Waals surface area contributed by atoms with Gasteiger partial charge in [-0.3, -0.25) is 4.79 Å². The smallest absolute Gasteiger partial charge is 0.343 e. The summed E-state index contributed by atoms with van der Waals surface area (Å²) in [7, 11) is 1.44. The van der Waals surface area contributed by atoms with Gasteiger partial charge < -0.3 is 14.2 Å². The number of halogens is 3. The summed E-state index contributed by atoms with van der Waals surface area (Å²) in [5.74, 6) is -0.176. The molecule has 0 aliphatic rings. The van der Waals surface area contributed by atoms with E-state index in [0.29, 0.717) is 37.7 Å². The Morgan fingerprint density at radius 3 is 2.26 bits per heavy atom. The summed E-state index contributed by atoms with van der Waals surface area (Å²) < 4.78 is 16.3. The lowest BCUT2D eigenvalue weighted by Crippen LogP contribution is -2.33. The second kappa shape index (κ2) is 11.7. The molecule has 0 aliphatic heterocycles. The highest BCUT2D eigenvalue weighted by molar-refractivity contribution is 6.35. The molecule has 1 amide bonds. The Balaban J connectivity index is 1.60. The van der Waals surface area contributed by atoms with Crippen LogP contribution in [0, 0.1) is 0 Å². The Morgan fingerprint density at radius 2 is 1.59 bits per heavy atom. The van der Waals surface area contributed by atoms with E-state index in [-0.39, 0.29) is 5.75 Å². The number of ether oxygens (including phenoxy) is 3. The molecule has 0 spiro atoms. The second-order valence-corrected chi connectivity index (χ2v) is 8.16. The summed E-state index contributed by atoms with van der Waals surface area (Å²) in [5, 5.41) is 5.19. The zero-order chi connectivity index (χ0) is 24.7. The number of methoxy groups -OCH3 is 1. The minimum atomic E-state index is -0.861. The monoisotopic (exact) mass is 520 g/mol. The molecule has 0 radical (unpaired) electrons. The number of hydrazone groups is 1. The van der Waals surface area contributed by atoms with Gasteiger partial charge in [-0.15, -0.1) is 0 Å². The van der Waals surface area contributed by atoms with Crippen molar-refractivity contribution < 1.29 is 23.8 Å².